The predicted molar refractivity (Wildman–Crippen MR) is 116 cm³/mol. The summed E-state index contributed by atoms with van der Waals surface area (Å²) in [7, 11) is 0. The van der Waals surface area contributed by atoms with Gasteiger partial charge in [0.05, 0.1) is 6.21 Å². The summed E-state index contributed by atoms with van der Waals surface area (Å²) in [5, 5.41) is 12.0. The number of carbonyl (C=O) groups excluding carboxylic acids is 2. The molecule has 0 radical (unpaired) electrons. The van der Waals surface area contributed by atoms with Crippen molar-refractivity contribution in [3.05, 3.63) is 70.7 Å². The topological polar surface area (TPSA) is 92.7 Å². The number of aryl methyl sites for hydroxylation is 3. The minimum Gasteiger partial charge on any atom is -0.360 e. The summed E-state index contributed by atoms with van der Waals surface area (Å²) in [6.45, 7) is 7.45. The molecule has 31 heavy (non-hydrogen) atoms. The van der Waals surface area contributed by atoms with Gasteiger partial charge < -0.3 is 9.84 Å². The van der Waals surface area contributed by atoms with Crippen molar-refractivity contribution < 1.29 is 14.1 Å². The number of hydrogen-bond donors (Lipinski definition) is 1. The number of hydrogen-bond acceptors (Lipinski definition) is 5. The Balaban J connectivity index is 1.52. The molecule has 0 saturated carbocycles. The molecule has 2 aromatic heterocycles. The van der Waals surface area contributed by atoms with Gasteiger partial charge in [-0.1, -0.05) is 35.5 Å². The van der Waals surface area contributed by atoms with Crippen molar-refractivity contribution in [3.8, 4) is 5.82 Å². The van der Waals surface area contributed by atoms with E-state index in [0.29, 0.717) is 24.4 Å². The van der Waals surface area contributed by atoms with Crippen LogP contribution >= 0.6 is 0 Å². The Morgan fingerprint density at radius 2 is 1.90 bits per heavy atom. The van der Waals surface area contributed by atoms with Crippen LogP contribution < -0.4 is 5.32 Å². The van der Waals surface area contributed by atoms with Crippen LogP contribution in [0.1, 0.15) is 41.6 Å². The van der Waals surface area contributed by atoms with E-state index in [1.54, 1.807) is 6.92 Å². The number of imide groups is 1. The maximum absolute atomic E-state index is 13.0. The van der Waals surface area contributed by atoms with E-state index in [4.69, 9.17) is 4.52 Å². The molecule has 160 valence electrons. The number of nitrogens with zero attached hydrogens (tertiary/aromatic N) is 4. The van der Waals surface area contributed by atoms with E-state index in [0.717, 1.165) is 27.5 Å². The minimum absolute atomic E-state index is 0.356. The van der Waals surface area contributed by atoms with E-state index in [1.807, 2.05) is 67.8 Å². The molecule has 0 bridgehead atoms. The highest BCUT2D eigenvalue weighted by atomic mass is 16.5. The Labute approximate surface area is 180 Å². The third-order valence-corrected chi connectivity index (χ3v) is 5.62. The normalized spacial score (nSPS) is 18.9. The average molecular weight is 419 g/mol. The third kappa shape index (κ3) is 3.88. The van der Waals surface area contributed by atoms with Crippen molar-refractivity contribution in [1.82, 2.24) is 20.0 Å². The molecule has 1 atom stereocenters. The summed E-state index contributed by atoms with van der Waals surface area (Å²) < 4.78 is 7.11. The van der Waals surface area contributed by atoms with Crippen LogP contribution in [-0.4, -0.2) is 38.4 Å². The number of carbonyl (C=O) groups is 2. The zero-order chi connectivity index (χ0) is 22.2. The lowest BCUT2D eigenvalue weighted by Gasteiger charge is -2.20. The number of nitrogens with one attached hydrogen (secondary N) is 1. The van der Waals surface area contributed by atoms with Crippen LogP contribution in [0.2, 0.25) is 0 Å². The van der Waals surface area contributed by atoms with Crippen LogP contribution in [0.3, 0.4) is 0 Å². The molecule has 1 aromatic carbocycles. The molecule has 0 aliphatic carbocycles. The van der Waals surface area contributed by atoms with Crippen molar-refractivity contribution in [1.29, 1.82) is 0 Å². The molecular formula is C23H25N5O3. The molecule has 8 heteroatoms. The van der Waals surface area contributed by atoms with Crippen molar-refractivity contribution in [2.75, 3.05) is 0 Å². The highest BCUT2D eigenvalue weighted by Gasteiger charge is 2.47. The number of urea groups is 1. The maximum Gasteiger partial charge on any atom is 0.346 e. The molecule has 3 aromatic rings. The standard InChI is InChI=1S/C23H25N5O3/c1-15-12-19(17(3)27(15)20-13-16(2)31-26-20)14-24-28-21(29)23(4,25-22(28)30)11-10-18-8-6-5-7-9-18/h5-9,12-14H,10-11H2,1-4H3,(H,25,30)/b24-14-/t23-/m0/s1. The molecule has 1 fully saturated rings. The molecule has 1 aliphatic rings. The first-order valence-electron chi connectivity index (χ1n) is 10.2. The summed E-state index contributed by atoms with van der Waals surface area (Å²) >= 11 is 0. The van der Waals surface area contributed by atoms with E-state index >= 15 is 0 Å². The van der Waals surface area contributed by atoms with Crippen molar-refractivity contribution in [3.63, 3.8) is 0 Å². The monoisotopic (exact) mass is 419 g/mol. The second-order valence-electron chi connectivity index (χ2n) is 8.07. The first-order valence-corrected chi connectivity index (χ1v) is 10.2. The fourth-order valence-electron chi connectivity index (χ4n) is 3.83. The zero-order valence-electron chi connectivity index (χ0n) is 18.0. The van der Waals surface area contributed by atoms with Gasteiger partial charge in [0.1, 0.15) is 11.3 Å². The lowest BCUT2D eigenvalue weighted by atomic mass is 9.93. The van der Waals surface area contributed by atoms with Gasteiger partial charge in [-0.25, -0.2) is 4.79 Å². The van der Waals surface area contributed by atoms with Crippen LogP contribution in [0, 0.1) is 20.8 Å². The maximum atomic E-state index is 13.0. The second-order valence-corrected chi connectivity index (χ2v) is 8.07. The predicted octanol–water partition coefficient (Wildman–Crippen LogP) is 3.67. The molecule has 3 amide bonds. The number of aromatic nitrogens is 2. The fraction of sp³-hybridized carbons (Fsp3) is 0.304. The first-order chi connectivity index (χ1) is 14.8. The summed E-state index contributed by atoms with van der Waals surface area (Å²) in [4.78, 5) is 25.4. The molecule has 8 nitrogen and oxygen atoms in total. The van der Waals surface area contributed by atoms with Gasteiger partial charge >= 0.3 is 6.03 Å². The lowest BCUT2D eigenvalue weighted by molar-refractivity contribution is -0.130. The van der Waals surface area contributed by atoms with Gasteiger partial charge in [-0.2, -0.15) is 5.10 Å². The van der Waals surface area contributed by atoms with E-state index in [1.165, 1.54) is 6.21 Å². The van der Waals surface area contributed by atoms with Crippen molar-refractivity contribution in [2.24, 2.45) is 5.10 Å². The SMILES string of the molecule is Cc1cc(-n2c(C)cc(/C=N\N3C(=O)N[C@@](C)(CCc4ccccc4)C3=O)c2C)no1. The lowest BCUT2D eigenvalue weighted by Crippen LogP contribution is -2.44. The number of rotatable bonds is 6. The van der Waals surface area contributed by atoms with E-state index in [2.05, 4.69) is 15.6 Å². The van der Waals surface area contributed by atoms with Crippen LogP contribution in [0.15, 0.2) is 52.1 Å². The molecule has 1 saturated heterocycles. The molecular weight excluding hydrogens is 394 g/mol. The second kappa shape index (κ2) is 7.86. The summed E-state index contributed by atoms with van der Waals surface area (Å²) in [5.74, 6) is 1.04. The molecule has 1 aliphatic heterocycles. The Bertz CT molecular complexity index is 1160. The van der Waals surface area contributed by atoms with Crippen LogP contribution in [0.5, 0.6) is 0 Å². The summed E-state index contributed by atoms with van der Waals surface area (Å²) in [5.41, 5.74) is 2.74. The Morgan fingerprint density at radius 3 is 2.58 bits per heavy atom. The van der Waals surface area contributed by atoms with E-state index < -0.39 is 11.6 Å². The molecule has 0 spiro atoms. The quantitative estimate of drug-likeness (QED) is 0.487. The molecule has 1 N–H and O–H groups in total. The minimum atomic E-state index is -0.987. The van der Waals surface area contributed by atoms with Gasteiger partial charge in [-0.15, -0.1) is 5.01 Å². The molecule has 0 unspecified atom stereocenters. The van der Waals surface area contributed by atoms with E-state index in [9.17, 15) is 9.59 Å². The Kier molecular flexibility index (Phi) is 5.22. The van der Waals surface area contributed by atoms with Gasteiger partial charge in [-0.05, 0) is 52.2 Å². The van der Waals surface area contributed by atoms with Gasteiger partial charge in [-0.3, -0.25) is 9.36 Å². The number of hydrazone groups is 1. The largest absolute Gasteiger partial charge is 0.360 e. The van der Waals surface area contributed by atoms with Crippen LogP contribution in [0.25, 0.3) is 5.82 Å². The Morgan fingerprint density at radius 1 is 1.16 bits per heavy atom. The van der Waals surface area contributed by atoms with Crippen molar-refractivity contribution in [2.45, 2.75) is 46.1 Å². The van der Waals surface area contributed by atoms with Crippen LogP contribution in [0.4, 0.5) is 4.79 Å². The molecule has 3 heterocycles. The molecule has 4 rings (SSSR count). The van der Waals surface area contributed by atoms with Gasteiger partial charge in [0.2, 0.25) is 0 Å². The highest BCUT2D eigenvalue weighted by molar-refractivity contribution is 6.07. The smallest absolute Gasteiger partial charge is 0.346 e. The highest BCUT2D eigenvalue weighted by Crippen LogP contribution is 2.24. The fourth-order valence-corrected chi connectivity index (χ4v) is 3.83. The summed E-state index contributed by atoms with van der Waals surface area (Å²) in [6.07, 6.45) is 2.71. The average Bonchev–Trinajstić information content (AvgIpc) is 3.35. The van der Waals surface area contributed by atoms with Gasteiger partial charge in [0.25, 0.3) is 5.91 Å². The zero-order valence-corrected chi connectivity index (χ0v) is 18.0. The third-order valence-electron chi connectivity index (χ3n) is 5.62. The van der Waals surface area contributed by atoms with Crippen molar-refractivity contribution >= 4 is 18.2 Å². The van der Waals surface area contributed by atoms with E-state index in [-0.39, 0.29) is 5.91 Å². The Hall–Kier alpha value is -3.68. The number of amides is 3. The van der Waals surface area contributed by atoms with Crippen LogP contribution in [-0.2, 0) is 11.2 Å². The first kappa shape index (κ1) is 20.6. The number of benzene rings is 1. The van der Waals surface area contributed by atoms with Gasteiger partial charge in [0.15, 0.2) is 5.82 Å². The summed E-state index contributed by atoms with van der Waals surface area (Å²) in [6, 6.07) is 13.1. The van der Waals surface area contributed by atoms with Gasteiger partial charge in [0, 0.05) is 23.0 Å².